The van der Waals surface area contributed by atoms with Gasteiger partial charge in [-0.15, -0.1) is 0 Å². The molecule has 1 unspecified atom stereocenters. The van der Waals surface area contributed by atoms with Gasteiger partial charge in [0.2, 0.25) is 11.8 Å². The van der Waals surface area contributed by atoms with Gasteiger partial charge in [-0.2, -0.15) is 0 Å². The Balaban J connectivity index is 1.35. The lowest BCUT2D eigenvalue weighted by Crippen LogP contribution is -2.41. The van der Waals surface area contributed by atoms with Crippen LogP contribution in [0.5, 0.6) is 5.75 Å². The molecule has 2 aromatic carbocycles. The maximum Gasteiger partial charge on any atom is 0.321 e. The Morgan fingerprint density at radius 1 is 1.03 bits per heavy atom. The maximum atomic E-state index is 13.3. The van der Waals surface area contributed by atoms with Crippen molar-refractivity contribution in [2.24, 2.45) is 5.92 Å². The minimum absolute atomic E-state index is 0.0373. The number of amides is 4. The molecule has 4 rings (SSSR count). The fourth-order valence-corrected chi connectivity index (χ4v) is 4.52. The van der Waals surface area contributed by atoms with Crippen molar-refractivity contribution in [2.75, 3.05) is 49.5 Å². The van der Waals surface area contributed by atoms with Gasteiger partial charge in [-0.05, 0) is 49.7 Å². The summed E-state index contributed by atoms with van der Waals surface area (Å²) in [6.45, 7) is 4.71. The fourth-order valence-electron chi connectivity index (χ4n) is 4.40. The molecule has 9 heteroatoms. The van der Waals surface area contributed by atoms with Crippen molar-refractivity contribution in [1.29, 1.82) is 0 Å². The predicted octanol–water partition coefficient (Wildman–Crippen LogP) is 3.86. The number of anilines is 2. The lowest BCUT2D eigenvalue weighted by Gasteiger charge is -2.25. The van der Waals surface area contributed by atoms with E-state index in [9.17, 15) is 14.4 Å². The Bertz CT molecular complexity index is 1050. The van der Waals surface area contributed by atoms with Gasteiger partial charge in [-0.25, -0.2) is 4.79 Å². The molecule has 0 aliphatic carbocycles. The summed E-state index contributed by atoms with van der Waals surface area (Å²) < 4.78 is 5.67. The highest BCUT2D eigenvalue weighted by molar-refractivity contribution is 6.30. The quantitative estimate of drug-likeness (QED) is 0.698. The molecule has 1 N–H and O–H groups in total. The van der Waals surface area contributed by atoms with Crippen LogP contribution in [-0.4, -0.2) is 67.0 Å². The van der Waals surface area contributed by atoms with E-state index in [0.717, 1.165) is 0 Å². The van der Waals surface area contributed by atoms with Gasteiger partial charge >= 0.3 is 6.03 Å². The summed E-state index contributed by atoms with van der Waals surface area (Å²) in [5.41, 5.74) is 1.37. The van der Waals surface area contributed by atoms with E-state index >= 15 is 0 Å². The Morgan fingerprint density at radius 3 is 2.50 bits per heavy atom. The second-order valence-electron chi connectivity index (χ2n) is 8.41. The lowest BCUT2D eigenvalue weighted by molar-refractivity contribution is -0.135. The van der Waals surface area contributed by atoms with Gasteiger partial charge in [-0.3, -0.25) is 9.59 Å². The van der Waals surface area contributed by atoms with E-state index in [1.54, 1.807) is 39.0 Å². The molecule has 2 saturated heterocycles. The fraction of sp³-hybridized carbons (Fsp3) is 0.400. The van der Waals surface area contributed by atoms with Gasteiger partial charge in [0.25, 0.3) is 0 Å². The van der Waals surface area contributed by atoms with E-state index in [1.807, 2.05) is 31.2 Å². The smallest absolute Gasteiger partial charge is 0.321 e. The summed E-state index contributed by atoms with van der Waals surface area (Å²) in [5, 5.41) is 3.48. The number of hydrogen-bond acceptors (Lipinski definition) is 4. The molecular formula is C25H29ClN4O4. The molecule has 34 heavy (non-hydrogen) atoms. The number of nitrogens with zero attached hydrogens (tertiary/aromatic N) is 3. The Hall–Kier alpha value is -3.26. The SMILES string of the molecule is CCOc1ccccc1N1CC(C(=O)N2CCCN(C(=O)Nc3ccc(Cl)cc3)CC2)CC1=O. The molecule has 2 aliphatic rings. The van der Waals surface area contributed by atoms with Crippen LogP contribution >= 0.6 is 11.6 Å². The first kappa shape index (κ1) is 23.9. The molecule has 0 bridgehead atoms. The molecule has 2 heterocycles. The van der Waals surface area contributed by atoms with Crippen molar-refractivity contribution < 1.29 is 19.1 Å². The third-order valence-electron chi connectivity index (χ3n) is 6.12. The second kappa shape index (κ2) is 10.8. The molecule has 2 aromatic rings. The molecule has 8 nitrogen and oxygen atoms in total. The molecule has 0 spiro atoms. The number of benzene rings is 2. The van der Waals surface area contributed by atoms with Crippen LogP contribution in [0.2, 0.25) is 5.02 Å². The van der Waals surface area contributed by atoms with Crippen LogP contribution in [0, 0.1) is 5.92 Å². The van der Waals surface area contributed by atoms with Crippen molar-refractivity contribution in [1.82, 2.24) is 9.80 Å². The molecule has 4 amide bonds. The minimum atomic E-state index is -0.406. The van der Waals surface area contributed by atoms with Crippen LogP contribution in [0.4, 0.5) is 16.2 Å². The van der Waals surface area contributed by atoms with Crippen molar-refractivity contribution in [3.05, 3.63) is 53.6 Å². The number of ether oxygens (including phenoxy) is 1. The van der Waals surface area contributed by atoms with Crippen LogP contribution in [0.15, 0.2) is 48.5 Å². The van der Waals surface area contributed by atoms with Crippen LogP contribution in [0.1, 0.15) is 19.8 Å². The predicted molar refractivity (Wildman–Crippen MR) is 131 cm³/mol. The first-order valence-electron chi connectivity index (χ1n) is 11.6. The number of rotatable bonds is 5. The summed E-state index contributed by atoms with van der Waals surface area (Å²) in [4.78, 5) is 43.9. The average Bonchev–Trinajstić information content (AvgIpc) is 3.05. The monoisotopic (exact) mass is 484 g/mol. The van der Waals surface area contributed by atoms with E-state index in [1.165, 1.54) is 0 Å². The second-order valence-corrected chi connectivity index (χ2v) is 8.85. The third-order valence-corrected chi connectivity index (χ3v) is 6.37. The number of carbonyl (C=O) groups excluding carboxylic acids is 3. The topological polar surface area (TPSA) is 82.2 Å². The summed E-state index contributed by atoms with van der Waals surface area (Å²) in [6, 6.07) is 14.1. The summed E-state index contributed by atoms with van der Waals surface area (Å²) in [6.07, 6.45) is 0.855. The van der Waals surface area contributed by atoms with E-state index in [-0.39, 0.29) is 24.3 Å². The maximum absolute atomic E-state index is 13.3. The van der Waals surface area contributed by atoms with Crippen molar-refractivity contribution >= 4 is 40.8 Å². The minimum Gasteiger partial charge on any atom is -0.492 e. The molecule has 0 radical (unpaired) electrons. The molecule has 2 aliphatic heterocycles. The summed E-state index contributed by atoms with van der Waals surface area (Å²) >= 11 is 5.90. The number of halogens is 1. The number of para-hydroxylation sites is 2. The van der Waals surface area contributed by atoms with Crippen LogP contribution in [0.3, 0.4) is 0 Å². The summed E-state index contributed by atoms with van der Waals surface area (Å²) in [5.74, 6) is 0.120. The number of nitrogens with one attached hydrogen (secondary N) is 1. The average molecular weight is 485 g/mol. The van der Waals surface area contributed by atoms with Crippen molar-refractivity contribution in [3.63, 3.8) is 0 Å². The van der Waals surface area contributed by atoms with Crippen molar-refractivity contribution in [3.8, 4) is 5.75 Å². The van der Waals surface area contributed by atoms with Crippen LogP contribution < -0.4 is 15.0 Å². The van der Waals surface area contributed by atoms with Gasteiger partial charge in [0.15, 0.2) is 0 Å². The Morgan fingerprint density at radius 2 is 1.74 bits per heavy atom. The van der Waals surface area contributed by atoms with Gasteiger partial charge < -0.3 is 24.8 Å². The highest BCUT2D eigenvalue weighted by atomic mass is 35.5. The molecular weight excluding hydrogens is 456 g/mol. The largest absolute Gasteiger partial charge is 0.492 e. The zero-order valence-corrected chi connectivity index (χ0v) is 20.0. The number of hydrogen-bond donors (Lipinski definition) is 1. The standard InChI is InChI=1S/C25H29ClN4O4/c1-2-34-22-7-4-3-6-21(22)30-17-18(16-23(30)31)24(32)28-12-5-13-29(15-14-28)25(33)27-20-10-8-19(26)9-11-20/h3-4,6-11,18H,2,5,12-17H2,1H3,(H,27,33). The first-order valence-corrected chi connectivity index (χ1v) is 12.0. The van der Waals surface area contributed by atoms with E-state index < -0.39 is 5.92 Å². The van der Waals surface area contributed by atoms with Gasteiger partial charge in [-0.1, -0.05) is 23.7 Å². The molecule has 0 saturated carbocycles. The zero-order valence-electron chi connectivity index (χ0n) is 19.2. The molecule has 180 valence electrons. The van der Waals surface area contributed by atoms with E-state index in [2.05, 4.69) is 5.32 Å². The summed E-state index contributed by atoms with van der Waals surface area (Å²) in [7, 11) is 0. The lowest BCUT2D eigenvalue weighted by atomic mass is 10.1. The third kappa shape index (κ3) is 5.44. The van der Waals surface area contributed by atoms with Crippen LogP contribution in [0.25, 0.3) is 0 Å². The molecule has 1 atom stereocenters. The van der Waals surface area contributed by atoms with Gasteiger partial charge in [0.1, 0.15) is 5.75 Å². The Kier molecular flexibility index (Phi) is 7.57. The number of urea groups is 1. The van der Waals surface area contributed by atoms with Crippen LogP contribution in [-0.2, 0) is 9.59 Å². The number of carbonyl (C=O) groups is 3. The Labute approximate surface area is 204 Å². The molecule has 2 fully saturated rings. The highest BCUT2D eigenvalue weighted by Crippen LogP contribution is 2.33. The van der Waals surface area contributed by atoms with E-state index in [0.29, 0.717) is 67.9 Å². The normalized spacial score (nSPS) is 18.6. The zero-order chi connectivity index (χ0) is 24.1. The van der Waals surface area contributed by atoms with Gasteiger partial charge in [0, 0.05) is 49.9 Å². The first-order chi connectivity index (χ1) is 16.5. The van der Waals surface area contributed by atoms with Crippen molar-refractivity contribution in [2.45, 2.75) is 19.8 Å². The van der Waals surface area contributed by atoms with Gasteiger partial charge in [0.05, 0.1) is 18.2 Å². The van der Waals surface area contributed by atoms with E-state index in [4.69, 9.17) is 16.3 Å². The highest BCUT2D eigenvalue weighted by Gasteiger charge is 2.38. The molecule has 0 aromatic heterocycles.